The van der Waals surface area contributed by atoms with E-state index in [1.807, 2.05) is 0 Å². The second-order valence-corrected chi connectivity index (χ2v) is 3.96. The van der Waals surface area contributed by atoms with Crippen LogP contribution in [0.15, 0.2) is 0 Å². The number of rotatable bonds is 1. The summed E-state index contributed by atoms with van der Waals surface area (Å²) in [6.45, 7) is -0.00336. The van der Waals surface area contributed by atoms with Crippen LogP contribution in [0.25, 0.3) is 0 Å². The van der Waals surface area contributed by atoms with Crippen molar-refractivity contribution in [2.24, 2.45) is 17.6 Å². The lowest BCUT2D eigenvalue weighted by atomic mass is 10.2. The fraction of sp³-hybridized carbons (Fsp3) is 0.750. The largest absolute Gasteiger partial charge is 0.471 e. The van der Waals surface area contributed by atoms with Gasteiger partial charge in [-0.15, -0.1) is 0 Å². The van der Waals surface area contributed by atoms with E-state index in [1.165, 1.54) is 0 Å². The molecule has 1 aliphatic carbocycles. The van der Waals surface area contributed by atoms with E-state index in [4.69, 9.17) is 5.73 Å². The first-order valence-corrected chi connectivity index (χ1v) is 4.49. The Bertz CT molecular complexity index is 328. The van der Waals surface area contributed by atoms with Crippen molar-refractivity contribution in [1.29, 1.82) is 0 Å². The van der Waals surface area contributed by atoms with Gasteiger partial charge in [-0.2, -0.15) is 13.2 Å². The molecule has 1 saturated heterocycles. The SMILES string of the molecule is NC(=O)C1C2CC2CN1C(=O)C(F)(F)F. The van der Waals surface area contributed by atoms with E-state index in [2.05, 4.69) is 0 Å². The van der Waals surface area contributed by atoms with Crippen molar-refractivity contribution >= 4 is 11.8 Å². The Hall–Kier alpha value is -1.27. The molecule has 15 heavy (non-hydrogen) atoms. The van der Waals surface area contributed by atoms with E-state index in [0.29, 0.717) is 11.3 Å². The average molecular weight is 222 g/mol. The van der Waals surface area contributed by atoms with Gasteiger partial charge in [-0.25, -0.2) is 0 Å². The molecular formula is C8H9F3N2O2. The monoisotopic (exact) mass is 222 g/mol. The number of alkyl halides is 3. The van der Waals surface area contributed by atoms with Gasteiger partial charge in [0.05, 0.1) is 0 Å². The summed E-state index contributed by atoms with van der Waals surface area (Å²) < 4.78 is 36.4. The van der Waals surface area contributed by atoms with Crippen molar-refractivity contribution in [3.8, 4) is 0 Å². The van der Waals surface area contributed by atoms with Crippen molar-refractivity contribution in [2.45, 2.75) is 18.6 Å². The summed E-state index contributed by atoms with van der Waals surface area (Å²) in [7, 11) is 0. The van der Waals surface area contributed by atoms with E-state index in [9.17, 15) is 22.8 Å². The minimum Gasteiger partial charge on any atom is -0.368 e. The third kappa shape index (κ3) is 1.55. The molecule has 4 nitrogen and oxygen atoms in total. The van der Waals surface area contributed by atoms with Crippen LogP contribution in [0.4, 0.5) is 13.2 Å². The molecule has 2 fully saturated rings. The number of likely N-dealkylation sites (tertiary alicyclic amines) is 1. The summed E-state index contributed by atoms with van der Waals surface area (Å²) in [5, 5.41) is 0. The molecule has 1 heterocycles. The summed E-state index contributed by atoms with van der Waals surface area (Å²) in [6.07, 6.45) is -4.24. The van der Waals surface area contributed by atoms with Crippen LogP contribution in [0.5, 0.6) is 0 Å². The highest BCUT2D eigenvalue weighted by Crippen LogP contribution is 2.50. The molecule has 0 radical (unpaired) electrons. The fourth-order valence-electron chi connectivity index (χ4n) is 2.20. The van der Waals surface area contributed by atoms with Crippen LogP contribution < -0.4 is 5.73 Å². The Labute approximate surface area is 83.2 Å². The smallest absolute Gasteiger partial charge is 0.368 e. The number of primary amides is 1. The molecule has 0 bridgehead atoms. The Morgan fingerprint density at radius 2 is 1.93 bits per heavy atom. The van der Waals surface area contributed by atoms with Crippen LogP contribution >= 0.6 is 0 Å². The summed E-state index contributed by atoms with van der Waals surface area (Å²) in [6, 6.07) is -1.07. The van der Waals surface area contributed by atoms with Crippen molar-refractivity contribution in [2.75, 3.05) is 6.54 Å². The number of hydrogen-bond acceptors (Lipinski definition) is 2. The molecule has 0 aromatic rings. The van der Waals surface area contributed by atoms with Crippen molar-refractivity contribution in [1.82, 2.24) is 4.90 Å². The van der Waals surface area contributed by atoms with Crippen molar-refractivity contribution < 1.29 is 22.8 Å². The highest BCUT2D eigenvalue weighted by molar-refractivity contribution is 5.90. The summed E-state index contributed by atoms with van der Waals surface area (Å²) in [4.78, 5) is 22.4. The Morgan fingerprint density at radius 3 is 2.40 bits per heavy atom. The van der Waals surface area contributed by atoms with Gasteiger partial charge in [0.1, 0.15) is 6.04 Å². The third-order valence-corrected chi connectivity index (χ3v) is 2.94. The summed E-state index contributed by atoms with van der Waals surface area (Å²) >= 11 is 0. The minimum atomic E-state index is -4.93. The van der Waals surface area contributed by atoms with Gasteiger partial charge >= 0.3 is 12.1 Å². The number of halogens is 3. The van der Waals surface area contributed by atoms with Gasteiger partial charge in [-0.05, 0) is 18.3 Å². The van der Waals surface area contributed by atoms with E-state index < -0.39 is 24.0 Å². The molecule has 3 atom stereocenters. The molecular weight excluding hydrogens is 213 g/mol. The Morgan fingerprint density at radius 1 is 1.33 bits per heavy atom. The van der Waals surface area contributed by atoms with Crippen molar-refractivity contribution in [3.63, 3.8) is 0 Å². The van der Waals surface area contributed by atoms with Crippen LogP contribution in [0.3, 0.4) is 0 Å². The molecule has 7 heteroatoms. The number of hydrogen-bond donors (Lipinski definition) is 1. The van der Waals surface area contributed by atoms with Gasteiger partial charge in [0.25, 0.3) is 0 Å². The zero-order valence-corrected chi connectivity index (χ0v) is 7.62. The lowest BCUT2D eigenvalue weighted by molar-refractivity contribution is -0.187. The fourth-order valence-corrected chi connectivity index (χ4v) is 2.20. The zero-order valence-electron chi connectivity index (χ0n) is 7.62. The standard InChI is InChI=1S/C8H9F3N2O2/c9-8(10,11)7(15)13-2-3-1-4(3)5(13)6(12)14/h3-5H,1-2H2,(H2,12,14). The maximum absolute atomic E-state index is 12.1. The van der Waals surface area contributed by atoms with E-state index in [0.717, 1.165) is 0 Å². The molecule has 1 saturated carbocycles. The highest BCUT2D eigenvalue weighted by atomic mass is 19.4. The first kappa shape index (κ1) is 10.3. The number of fused-ring (bicyclic) bond motifs is 1. The van der Waals surface area contributed by atoms with E-state index in [-0.39, 0.29) is 18.4 Å². The first-order valence-electron chi connectivity index (χ1n) is 4.49. The minimum absolute atomic E-state index is 0.00336. The normalized spacial score (nSPS) is 33.8. The Kier molecular flexibility index (Phi) is 1.96. The molecule has 84 valence electrons. The molecule has 2 rings (SSSR count). The number of nitrogens with two attached hydrogens (primary N) is 1. The van der Waals surface area contributed by atoms with Gasteiger partial charge in [0, 0.05) is 6.54 Å². The number of amides is 2. The second-order valence-electron chi connectivity index (χ2n) is 3.96. The van der Waals surface area contributed by atoms with Gasteiger partial charge in [-0.3, -0.25) is 9.59 Å². The third-order valence-electron chi connectivity index (χ3n) is 2.94. The average Bonchev–Trinajstić information content (AvgIpc) is 2.73. The Balaban J connectivity index is 2.16. The van der Waals surface area contributed by atoms with Gasteiger partial charge < -0.3 is 10.6 Å². The molecule has 0 spiro atoms. The molecule has 3 unspecified atom stereocenters. The topological polar surface area (TPSA) is 63.4 Å². The molecule has 1 aliphatic heterocycles. The van der Waals surface area contributed by atoms with Crippen molar-refractivity contribution in [3.05, 3.63) is 0 Å². The number of piperidine rings is 1. The van der Waals surface area contributed by atoms with Crippen LogP contribution in [0.2, 0.25) is 0 Å². The number of carbonyl (C=O) groups is 2. The lowest BCUT2D eigenvalue weighted by Gasteiger charge is -2.25. The molecule has 2 aliphatic rings. The number of nitrogens with zero attached hydrogens (tertiary/aromatic N) is 1. The molecule has 2 N–H and O–H groups in total. The molecule has 0 aromatic heterocycles. The second kappa shape index (κ2) is 2.86. The summed E-state index contributed by atoms with van der Waals surface area (Å²) in [5.41, 5.74) is 4.99. The van der Waals surface area contributed by atoms with Crippen LogP contribution in [-0.2, 0) is 9.59 Å². The molecule has 2 amide bonds. The van der Waals surface area contributed by atoms with Gasteiger partial charge in [0.2, 0.25) is 5.91 Å². The maximum Gasteiger partial charge on any atom is 0.471 e. The highest BCUT2D eigenvalue weighted by Gasteiger charge is 2.59. The number of carbonyl (C=O) groups excluding carboxylic acids is 2. The zero-order chi connectivity index (χ0) is 11.4. The quantitative estimate of drug-likeness (QED) is 0.672. The summed E-state index contributed by atoms with van der Waals surface area (Å²) in [5.74, 6) is -2.95. The maximum atomic E-state index is 12.1. The first-order chi connectivity index (χ1) is 6.82. The van der Waals surface area contributed by atoms with E-state index in [1.54, 1.807) is 0 Å². The van der Waals surface area contributed by atoms with Crippen LogP contribution in [-0.4, -0.2) is 35.5 Å². The van der Waals surface area contributed by atoms with Gasteiger partial charge in [-0.1, -0.05) is 0 Å². The molecule has 0 aromatic carbocycles. The van der Waals surface area contributed by atoms with Crippen LogP contribution in [0, 0.1) is 11.8 Å². The predicted molar refractivity (Wildman–Crippen MR) is 42.3 cm³/mol. The van der Waals surface area contributed by atoms with Gasteiger partial charge in [0.15, 0.2) is 0 Å². The van der Waals surface area contributed by atoms with E-state index >= 15 is 0 Å². The van der Waals surface area contributed by atoms with Crippen LogP contribution in [0.1, 0.15) is 6.42 Å². The lowest BCUT2D eigenvalue weighted by Crippen LogP contribution is -2.50. The predicted octanol–water partition coefficient (Wildman–Crippen LogP) is -0.119.